The summed E-state index contributed by atoms with van der Waals surface area (Å²) in [6.45, 7) is 11.1. The minimum atomic E-state index is -1.61. The molecule has 0 saturated heterocycles. The molecule has 0 spiro atoms. The number of carbonyl (C=O) groups excluding carboxylic acids is 2. The number of ether oxygens (including phenoxy) is 2. The van der Waals surface area contributed by atoms with Gasteiger partial charge < -0.3 is 14.6 Å². The summed E-state index contributed by atoms with van der Waals surface area (Å²) >= 11 is 0. The van der Waals surface area contributed by atoms with Crippen molar-refractivity contribution in [1.29, 1.82) is 0 Å². The highest BCUT2D eigenvalue weighted by atomic mass is 16.7. The van der Waals surface area contributed by atoms with Crippen molar-refractivity contribution in [2.45, 2.75) is 32.5 Å². The summed E-state index contributed by atoms with van der Waals surface area (Å²) in [5, 5.41) is 10.6. The van der Waals surface area contributed by atoms with Crippen LogP contribution in [0.4, 0.5) is 0 Å². The molecule has 1 aliphatic carbocycles. The summed E-state index contributed by atoms with van der Waals surface area (Å²) in [5.41, 5.74) is 0.587. The van der Waals surface area contributed by atoms with Crippen LogP contribution in [0.2, 0.25) is 0 Å². The van der Waals surface area contributed by atoms with Crippen LogP contribution >= 0.6 is 0 Å². The largest absolute Gasteiger partial charge is 0.466 e. The molecule has 1 heterocycles. The van der Waals surface area contributed by atoms with Gasteiger partial charge in [0.1, 0.15) is 0 Å². The highest BCUT2D eigenvalue weighted by molar-refractivity contribution is 5.93. The summed E-state index contributed by atoms with van der Waals surface area (Å²) in [6.07, 6.45) is 2.12. The Morgan fingerprint density at radius 1 is 1.57 bits per heavy atom. The Balaban J connectivity index is 2.47. The number of carbonyl (C=O) groups is 2. The van der Waals surface area contributed by atoms with Crippen molar-refractivity contribution in [2.75, 3.05) is 7.11 Å². The van der Waals surface area contributed by atoms with Crippen LogP contribution in [0.15, 0.2) is 36.0 Å². The molecule has 3 unspecified atom stereocenters. The second-order valence-corrected chi connectivity index (χ2v) is 5.94. The van der Waals surface area contributed by atoms with Crippen LogP contribution in [-0.4, -0.2) is 29.9 Å². The van der Waals surface area contributed by atoms with Gasteiger partial charge in [-0.1, -0.05) is 19.6 Å². The Hall–Kier alpha value is -1.88. The predicted molar refractivity (Wildman–Crippen MR) is 75.9 cm³/mol. The van der Waals surface area contributed by atoms with Crippen molar-refractivity contribution >= 4 is 11.9 Å². The lowest BCUT2D eigenvalue weighted by Crippen LogP contribution is -2.47. The number of aliphatic hydroxyl groups is 1. The van der Waals surface area contributed by atoms with Crippen LogP contribution in [0.25, 0.3) is 0 Å². The molecule has 0 radical (unpaired) electrons. The van der Waals surface area contributed by atoms with E-state index >= 15 is 0 Å². The minimum Gasteiger partial charge on any atom is -0.466 e. The standard InChI is InChI=1S/C16H20O5/c1-6-15(4)8-16(19)12(10(3)14(18)21-16)7-11(15)9(2)13(17)20-5/h6,11,19H,1-2,7-8H2,3-5H3. The molecule has 0 bridgehead atoms. The summed E-state index contributed by atoms with van der Waals surface area (Å²) < 4.78 is 9.86. The van der Waals surface area contributed by atoms with Gasteiger partial charge in [-0.25, -0.2) is 9.59 Å². The molecule has 114 valence electrons. The van der Waals surface area contributed by atoms with Gasteiger partial charge in [0.15, 0.2) is 0 Å². The van der Waals surface area contributed by atoms with E-state index in [-0.39, 0.29) is 12.3 Å². The van der Waals surface area contributed by atoms with Crippen molar-refractivity contribution < 1.29 is 24.2 Å². The molecule has 1 aliphatic heterocycles. The van der Waals surface area contributed by atoms with Gasteiger partial charge in [-0.15, -0.1) is 6.58 Å². The molecule has 0 amide bonds. The Labute approximate surface area is 123 Å². The molecule has 0 aromatic heterocycles. The smallest absolute Gasteiger partial charge is 0.336 e. The van der Waals surface area contributed by atoms with Gasteiger partial charge in [0, 0.05) is 29.1 Å². The normalized spacial score (nSPS) is 35.0. The number of esters is 2. The molecule has 21 heavy (non-hydrogen) atoms. The fourth-order valence-corrected chi connectivity index (χ4v) is 3.25. The lowest BCUT2D eigenvalue weighted by atomic mass is 9.61. The predicted octanol–water partition coefficient (Wildman–Crippen LogP) is 1.88. The number of rotatable bonds is 3. The van der Waals surface area contributed by atoms with Crippen LogP contribution in [-0.2, 0) is 19.1 Å². The van der Waals surface area contributed by atoms with Gasteiger partial charge in [0.2, 0.25) is 5.79 Å². The summed E-state index contributed by atoms with van der Waals surface area (Å²) in [4.78, 5) is 23.5. The second-order valence-electron chi connectivity index (χ2n) is 5.94. The van der Waals surface area contributed by atoms with Gasteiger partial charge in [0.25, 0.3) is 0 Å². The van der Waals surface area contributed by atoms with Crippen molar-refractivity contribution in [2.24, 2.45) is 11.3 Å². The quantitative estimate of drug-likeness (QED) is 0.488. The number of methoxy groups -OCH3 is 1. The number of allylic oxidation sites excluding steroid dienone is 1. The molecule has 2 rings (SSSR count). The zero-order valence-corrected chi connectivity index (χ0v) is 12.6. The maximum atomic E-state index is 11.8. The summed E-state index contributed by atoms with van der Waals surface area (Å²) in [5.74, 6) is -2.94. The molecule has 1 N–H and O–H groups in total. The highest BCUT2D eigenvalue weighted by Crippen LogP contribution is 2.54. The second kappa shape index (κ2) is 4.84. The number of fused-ring (bicyclic) bond motifs is 1. The Kier molecular flexibility index (Phi) is 3.58. The maximum Gasteiger partial charge on any atom is 0.336 e. The van der Waals surface area contributed by atoms with E-state index in [4.69, 9.17) is 9.47 Å². The first-order valence-corrected chi connectivity index (χ1v) is 6.75. The van der Waals surface area contributed by atoms with Crippen LogP contribution in [0.5, 0.6) is 0 Å². The molecule has 3 atom stereocenters. The van der Waals surface area contributed by atoms with Gasteiger partial charge >= 0.3 is 11.9 Å². The van der Waals surface area contributed by atoms with Crippen LogP contribution in [0.3, 0.4) is 0 Å². The van der Waals surface area contributed by atoms with Crippen molar-refractivity contribution in [3.8, 4) is 0 Å². The number of hydrogen-bond donors (Lipinski definition) is 1. The fraction of sp³-hybridized carbons (Fsp3) is 0.500. The SMILES string of the molecule is C=CC1(C)CC2(O)OC(=O)C(C)=C2CC1C(=C)C(=O)OC. The lowest BCUT2D eigenvalue weighted by molar-refractivity contribution is -0.198. The van der Waals surface area contributed by atoms with Gasteiger partial charge in [-0.05, 0) is 18.8 Å². The summed E-state index contributed by atoms with van der Waals surface area (Å²) in [6, 6.07) is 0. The molecule has 0 aromatic carbocycles. The van der Waals surface area contributed by atoms with E-state index in [1.807, 2.05) is 6.92 Å². The fourth-order valence-electron chi connectivity index (χ4n) is 3.25. The first-order chi connectivity index (χ1) is 9.68. The van der Waals surface area contributed by atoms with Crippen molar-refractivity contribution in [1.82, 2.24) is 0 Å². The lowest BCUT2D eigenvalue weighted by Gasteiger charge is -2.45. The average Bonchev–Trinajstić information content (AvgIpc) is 2.65. The van der Waals surface area contributed by atoms with Crippen molar-refractivity contribution in [3.05, 3.63) is 36.0 Å². The third-order valence-electron chi connectivity index (χ3n) is 4.65. The van der Waals surface area contributed by atoms with E-state index in [9.17, 15) is 14.7 Å². The maximum absolute atomic E-state index is 11.8. The molecule has 1 saturated carbocycles. The monoisotopic (exact) mass is 292 g/mol. The zero-order valence-electron chi connectivity index (χ0n) is 12.6. The van der Waals surface area contributed by atoms with Gasteiger partial charge in [0.05, 0.1) is 7.11 Å². The summed E-state index contributed by atoms with van der Waals surface area (Å²) in [7, 11) is 1.30. The minimum absolute atomic E-state index is 0.141. The topological polar surface area (TPSA) is 72.8 Å². The highest BCUT2D eigenvalue weighted by Gasteiger charge is 2.56. The molecule has 5 nitrogen and oxygen atoms in total. The van der Waals surface area contributed by atoms with E-state index in [2.05, 4.69) is 13.2 Å². The van der Waals surface area contributed by atoms with Gasteiger partial charge in [-0.2, -0.15) is 0 Å². The molecule has 1 fully saturated rings. The number of hydrogen-bond acceptors (Lipinski definition) is 5. The third kappa shape index (κ3) is 2.21. The van der Waals surface area contributed by atoms with Crippen LogP contribution < -0.4 is 0 Å². The van der Waals surface area contributed by atoms with E-state index in [1.54, 1.807) is 13.0 Å². The molecule has 0 aromatic rings. The molecule has 2 aliphatic rings. The van der Waals surface area contributed by atoms with E-state index in [1.165, 1.54) is 7.11 Å². The Morgan fingerprint density at radius 3 is 2.71 bits per heavy atom. The zero-order chi connectivity index (χ0) is 16.0. The van der Waals surface area contributed by atoms with E-state index < -0.39 is 23.1 Å². The van der Waals surface area contributed by atoms with Gasteiger partial charge in [-0.3, -0.25) is 0 Å². The van der Waals surface area contributed by atoms with Crippen LogP contribution in [0.1, 0.15) is 26.7 Å². The van der Waals surface area contributed by atoms with E-state index in [0.29, 0.717) is 23.1 Å². The van der Waals surface area contributed by atoms with E-state index in [0.717, 1.165) is 0 Å². The Morgan fingerprint density at radius 2 is 2.19 bits per heavy atom. The molecular weight excluding hydrogens is 272 g/mol. The van der Waals surface area contributed by atoms with Crippen molar-refractivity contribution in [3.63, 3.8) is 0 Å². The molecule has 5 heteroatoms. The average molecular weight is 292 g/mol. The third-order valence-corrected chi connectivity index (χ3v) is 4.65. The molecular formula is C16H20O5. The Bertz CT molecular complexity index is 573. The first-order valence-electron chi connectivity index (χ1n) is 6.75. The van der Waals surface area contributed by atoms with Crippen LogP contribution in [0, 0.1) is 11.3 Å². The first kappa shape index (κ1) is 15.5.